The van der Waals surface area contributed by atoms with Crippen molar-refractivity contribution in [1.82, 2.24) is 14.5 Å². The minimum absolute atomic E-state index is 0.0869. The van der Waals surface area contributed by atoms with Crippen molar-refractivity contribution in [3.63, 3.8) is 0 Å². The van der Waals surface area contributed by atoms with Gasteiger partial charge in [0.05, 0.1) is 19.8 Å². The summed E-state index contributed by atoms with van der Waals surface area (Å²) in [5.41, 5.74) is 0. The molecule has 106 valence electrons. The van der Waals surface area contributed by atoms with Gasteiger partial charge in [0.1, 0.15) is 6.20 Å². The first kappa shape index (κ1) is 14.0. The molecular weight excluding hydrogens is 248 g/mol. The van der Waals surface area contributed by atoms with E-state index in [9.17, 15) is 10.1 Å². The van der Waals surface area contributed by atoms with E-state index >= 15 is 0 Å². The van der Waals surface area contributed by atoms with Gasteiger partial charge >= 0.3 is 5.82 Å². The van der Waals surface area contributed by atoms with Crippen LogP contribution in [0.5, 0.6) is 0 Å². The quantitative estimate of drug-likeness (QED) is 0.440. The van der Waals surface area contributed by atoms with Crippen LogP contribution in [0, 0.1) is 17.0 Å². The Hall–Kier alpha value is -1.47. The number of nitrogens with zero attached hydrogens (tertiary/aromatic N) is 4. The molecule has 0 bridgehead atoms. The van der Waals surface area contributed by atoms with Crippen molar-refractivity contribution in [2.45, 2.75) is 26.3 Å². The fourth-order valence-electron chi connectivity index (χ4n) is 2.31. The lowest BCUT2D eigenvalue weighted by atomic mass is 10.2. The Labute approximate surface area is 112 Å². The van der Waals surface area contributed by atoms with Crippen molar-refractivity contribution in [2.75, 3.05) is 32.8 Å². The van der Waals surface area contributed by atoms with E-state index in [1.807, 2.05) is 0 Å². The van der Waals surface area contributed by atoms with Gasteiger partial charge in [-0.05, 0) is 24.3 Å². The molecule has 1 saturated heterocycles. The zero-order valence-corrected chi connectivity index (χ0v) is 11.2. The average Bonchev–Trinajstić information content (AvgIpc) is 2.77. The van der Waals surface area contributed by atoms with Gasteiger partial charge in [-0.3, -0.25) is 4.90 Å². The highest BCUT2D eigenvalue weighted by Gasteiger charge is 2.17. The third-order valence-electron chi connectivity index (χ3n) is 3.43. The summed E-state index contributed by atoms with van der Waals surface area (Å²) in [6, 6.07) is 0. The van der Waals surface area contributed by atoms with Gasteiger partial charge in [0.2, 0.25) is 0 Å². The van der Waals surface area contributed by atoms with Gasteiger partial charge in [-0.2, -0.15) is 0 Å². The second-order valence-corrected chi connectivity index (χ2v) is 4.73. The molecule has 2 heterocycles. The summed E-state index contributed by atoms with van der Waals surface area (Å²) in [5.74, 6) is 0.793. The van der Waals surface area contributed by atoms with Crippen LogP contribution in [0.1, 0.15) is 18.7 Å². The molecule has 0 unspecified atom stereocenters. The lowest BCUT2D eigenvalue weighted by Gasteiger charge is -2.26. The Morgan fingerprint density at radius 3 is 2.74 bits per heavy atom. The van der Waals surface area contributed by atoms with Gasteiger partial charge in [-0.15, -0.1) is 0 Å². The standard InChI is InChI=1S/C12H20N4O3/c1-11-13-10-12(16(17)18)15(11)5-3-2-4-14-6-8-19-9-7-14/h10H,2-9H2,1H3. The number of unbranched alkanes of at least 4 members (excludes halogenated alkanes) is 1. The van der Waals surface area contributed by atoms with Crippen LogP contribution in [-0.4, -0.2) is 52.2 Å². The minimum Gasteiger partial charge on any atom is -0.379 e. The number of aryl methyl sites for hydroxylation is 1. The molecule has 0 amide bonds. The van der Waals surface area contributed by atoms with E-state index in [1.54, 1.807) is 11.5 Å². The molecule has 0 atom stereocenters. The van der Waals surface area contributed by atoms with Crippen LogP contribution in [0.3, 0.4) is 0 Å². The Morgan fingerprint density at radius 2 is 2.05 bits per heavy atom. The van der Waals surface area contributed by atoms with Crippen molar-refractivity contribution >= 4 is 5.82 Å². The molecule has 1 aromatic rings. The first-order valence-corrected chi connectivity index (χ1v) is 6.65. The first-order valence-electron chi connectivity index (χ1n) is 6.65. The third kappa shape index (κ3) is 3.74. The fourth-order valence-corrected chi connectivity index (χ4v) is 2.31. The normalized spacial score (nSPS) is 16.7. The monoisotopic (exact) mass is 268 g/mol. The van der Waals surface area contributed by atoms with Gasteiger partial charge < -0.3 is 14.9 Å². The number of morpholine rings is 1. The van der Waals surface area contributed by atoms with E-state index in [2.05, 4.69) is 9.88 Å². The van der Waals surface area contributed by atoms with E-state index in [1.165, 1.54) is 6.20 Å². The zero-order valence-electron chi connectivity index (χ0n) is 11.2. The summed E-state index contributed by atoms with van der Waals surface area (Å²) in [6.07, 6.45) is 3.29. The number of hydrogen-bond donors (Lipinski definition) is 0. The van der Waals surface area contributed by atoms with Crippen LogP contribution in [0.2, 0.25) is 0 Å². The van der Waals surface area contributed by atoms with Crippen LogP contribution < -0.4 is 0 Å². The molecule has 7 nitrogen and oxygen atoms in total. The summed E-state index contributed by atoms with van der Waals surface area (Å²) in [6.45, 7) is 7.10. The second-order valence-electron chi connectivity index (χ2n) is 4.73. The van der Waals surface area contributed by atoms with E-state index in [-0.39, 0.29) is 10.7 Å². The van der Waals surface area contributed by atoms with Gasteiger partial charge in [-0.25, -0.2) is 9.55 Å². The van der Waals surface area contributed by atoms with Crippen molar-refractivity contribution in [3.8, 4) is 0 Å². The van der Waals surface area contributed by atoms with Crippen LogP contribution in [0.15, 0.2) is 6.20 Å². The molecule has 2 rings (SSSR count). The highest BCUT2D eigenvalue weighted by Crippen LogP contribution is 2.14. The molecule has 1 aliphatic rings. The van der Waals surface area contributed by atoms with E-state index in [4.69, 9.17) is 4.74 Å². The number of imidazole rings is 1. The van der Waals surface area contributed by atoms with Crippen LogP contribution in [-0.2, 0) is 11.3 Å². The van der Waals surface area contributed by atoms with Gasteiger partial charge in [0, 0.05) is 20.0 Å². The maximum atomic E-state index is 10.8. The van der Waals surface area contributed by atoms with Crippen LogP contribution in [0.4, 0.5) is 5.82 Å². The van der Waals surface area contributed by atoms with E-state index < -0.39 is 0 Å². The lowest BCUT2D eigenvalue weighted by molar-refractivity contribution is -0.392. The third-order valence-corrected chi connectivity index (χ3v) is 3.43. The summed E-state index contributed by atoms with van der Waals surface area (Å²) in [7, 11) is 0. The Morgan fingerprint density at radius 1 is 1.37 bits per heavy atom. The van der Waals surface area contributed by atoms with Crippen molar-refractivity contribution < 1.29 is 9.66 Å². The fraction of sp³-hybridized carbons (Fsp3) is 0.750. The minimum atomic E-state index is -0.373. The van der Waals surface area contributed by atoms with Crippen LogP contribution in [0.25, 0.3) is 0 Å². The van der Waals surface area contributed by atoms with Gasteiger partial charge in [-0.1, -0.05) is 0 Å². The molecule has 1 aliphatic heterocycles. The molecule has 19 heavy (non-hydrogen) atoms. The summed E-state index contributed by atoms with van der Waals surface area (Å²) < 4.78 is 6.97. The topological polar surface area (TPSA) is 73.4 Å². The highest BCUT2D eigenvalue weighted by molar-refractivity contribution is 5.18. The Bertz CT molecular complexity index is 427. The summed E-state index contributed by atoms with van der Waals surface area (Å²) in [4.78, 5) is 16.8. The Balaban J connectivity index is 1.76. The number of ether oxygens (including phenoxy) is 1. The molecule has 0 saturated carbocycles. The molecule has 0 N–H and O–H groups in total. The van der Waals surface area contributed by atoms with Crippen LogP contribution >= 0.6 is 0 Å². The smallest absolute Gasteiger partial charge is 0.342 e. The number of rotatable bonds is 6. The SMILES string of the molecule is Cc1ncc([N+](=O)[O-])n1CCCCN1CCOCC1. The molecule has 0 aliphatic carbocycles. The maximum Gasteiger partial charge on any atom is 0.342 e. The zero-order chi connectivity index (χ0) is 13.7. The van der Waals surface area contributed by atoms with Gasteiger partial charge in [0.25, 0.3) is 0 Å². The predicted molar refractivity (Wildman–Crippen MR) is 70.1 cm³/mol. The maximum absolute atomic E-state index is 10.8. The second kappa shape index (κ2) is 6.63. The Kier molecular flexibility index (Phi) is 4.86. The highest BCUT2D eigenvalue weighted by atomic mass is 16.6. The number of hydrogen-bond acceptors (Lipinski definition) is 5. The van der Waals surface area contributed by atoms with Gasteiger partial charge in [0.15, 0.2) is 5.82 Å². The molecular formula is C12H20N4O3. The molecule has 1 fully saturated rings. The summed E-state index contributed by atoms with van der Waals surface area (Å²) in [5, 5.41) is 10.8. The largest absolute Gasteiger partial charge is 0.379 e. The van der Waals surface area contributed by atoms with Crippen molar-refractivity contribution in [3.05, 3.63) is 22.1 Å². The molecule has 7 heteroatoms. The summed E-state index contributed by atoms with van der Waals surface area (Å²) >= 11 is 0. The molecule has 1 aromatic heterocycles. The lowest BCUT2D eigenvalue weighted by Crippen LogP contribution is -2.36. The van der Waals surface area contributed by atoms with Crippen molar-refractivity contribution in [2.24, 2.45) is 0 Å². The molecule has 0 aromatic carbocycles. The average molecular weight is 268 g/mol. The number of nitro groups is 1. The molecule has 0 radical (unpaired) electrons. The van der Waals surface area contributed by atoms with Crippen molar-refractivity contribution in [1.29, 1.82) is 0 Å². The number of aromatic nitrogens is 2. The molecule has 0 spiro atoms. The van der Waals surface area contributed by atoms with E-state index in [0.717, 1.165) is 45.7 Å². The van der Waals surface area contributed by atoms with E-state index in [0.29, 0.717) is 12.4 Å². The predicted octanol–water partition coefficient (Wildman–Crippen LogP) is 1.21. The first-order chi connectivity index (χ1) is 9.18.